The van der Waals surface area contributed by atoms with Crippen LogP contribution < -0.4 is 5.32 Å². The molecule has 2 atom stereocenters. The summed E-state index contributed by atoms with van der Waals surface area (Å²) in [6.07, 6.45) is 3.26. The van der Waals surface area contributed by atoms with Crippen LogP contribution in [0.3, 0.4) is 0 Å². The highest BCUT2D eigenvalue weighted by molar-refractivity contribution is 5.53. The molecule has 0 aromatic rings. The summed E-state index contributed by atoms with van der Waals surface area (Å²) in [4.78, 5) is 10.2. The second kappa shape index (κ2) is 2.97. The minimum absolute atomic E-state index is 0.279. The molecule has 1 saturated heterocycles. The van der Waals surface area contributed by atoms with Crippen molar-refractivity contribution in [3.8, 4) is 0 Å². The molecule has 0 unspecified atom stereocenters. The molecule has 0 spiro atoms. The molecule has 2 heteroatoms. The first-order chi connectivity index (χ1) is 4.33. The van der Waals surface area contributed by atoms with Crippen LogP contribution in [0.4, 0.5) is 0 Å². The van der Waals surface area contributed by atoms with Crippen LogP contribution in [0.15, 0.2) is 0 Å². The smallest absolute Gasteiger partial charge is 0.124 e. The first kappa shape index (κ1) is 6.75. The summed E-state index contributed by atoms with van der Waals surface area (Å²) < 4.78 is 0. The van der Waals surface area contributed by atoms with Gasteiger partial charge >= 0.3 is 0 Å². The Labute approximate surface area is 55.6 Å². The number of carbonyl (C=O) groups is 1. The average Bonchev–Trinajstić information content (AvgIpc) is 1.90. The van der Waals surface area contributed by atoms with Crippen molar-refractivity contribution < 1.29 is 4.79 Å². The minimum Gasteiger partial charge on any atom is -0.314 e. The monoisotopic (exact) mass is 127 g/mol. The maximum Gasteiger partial charge on any atom is 0.124 e. The van der Waals surface area contributed by atoms with Crippen molar-refractivity contribution in [3.63, 3.8) is 0 Å². The van der Waals surface area contributed by atoms with E-state index in [0.29, 0.717) is 6.04 Å². The quantitative estimate of drug-likeness (QED) is 0.522. The average molecular weight is 127 g/mol. The molecule has 0 radical (unpaired) electrons. The van der Waals surface area contributed by atoms with Crippen molar-refractivity contribution in [1.82, 2.24) is 5.32 Å². The van der Waals surface area contributed by atoms with E-state index in [-0.39, 0.29) is 5.92 Å². The highest BCUT2D eigenvalue weighted by Crippen LogP contribution is 2.10. The Morgan fingerprint density at radius 1 is 1.56 bits per heavy atom. The zero-order valence-corrected chi connectivity index (χ0v) is 5.76. The zero-order valence-electron chi connectivity index (χ0n) is 5.76. The van der Waals surface area contributed by atoms with E-state index in [4.69, 9.17) is 0 Å². The van der Waals surface area contributed by atoms with Crippen LogP contribution in [-0.4, -0.2) is 18.9 Å². The Bertz CT molecular complexity index is 95.1. The summed E-state index contributed by atoms with van der Waals surface area (Å²) in [5, 5.41) is 3.25. The van der Waals surface area contributed by atoms with Gasteiger partial charge in [-0.1, -0.05) is 0 Å². The highest BCUT2D eigenvalue weighted by Gasteiger charge is 2.15. The Balaban J connectivity index is 2.26. The molecule has 1 fully saturated rings. The summed E-state index contributed by atoms with van der Waals surface area (Å²) in [5.74, 6) is 0.279. The summed E-state index contributed by atoms with van der Waals surface area (Å²) in [6.45, 7) is 3.03. The minimum atomic E-state index is 0.279. The molecule has 0 amide bonds. The van der Waals surface area contributed by atoms with Crippen LogP contribution >= 0.6 is 0 Å². The largest absolute Gasteiger partial charge is 0.314 e. The van der Waals surface area contributed by atoms with E-state index in [1.165, 1.54) is 0 Å². The Morgan fingerprint density at radius 2 is 2.33 bits per heavy atom. The summed E-state index contributed by atoms with van der Waals surface area (Å²) in [7, 11) is 0. The Morgan fingerprint density at radius 3 is 2.78 bits per heavy atom. The van der Waals surface area contributed by atoms with Crippen LogP contribution in [0.5, 0.6) is 0 Å². The van der Waals surface area contributed by atoms with Gasteiger partial charge in [0, 0.05) is 18.5 Å². The first-order valence-electron chi connectivity index (χ1n) is 3.51. The number of hydrogen-bond donors (Lipinski definition) is 1. The fourth-order valence-corrected chi connectivity index (χ4v) is 1.14. The van der Waals surface area contributed by atoms with Gasteiger partial charge in [-0.15, -0.1) is 0 Å². The lowest BCUT2D eigenvalue weighted by molar-refractivity contribution is -0.111. The molecule has 1 rings (SSSR count). The number of carbonyl (C=O) groups excluding carboxylic acids is 1. The molecule has 1 N–H and O–H groups in total. The van der Waals surface area contributed by atoms with Crippen LogP contribution in [0.2, 0.25) is 0 Å². The topological polar surface area (TPSA) is 29.1 Å². The normalized spacial score (nSPS) is 36.1. The molecule has 52 valence electrons. The summed E-state index contributed by atoms with van der Waals surface area (Å²) >= 11 is 0. The van der Waals surface area contributed by atoms with E-state index in [2.05, 4.69) is 12.2 Å². The van der Waals surface area contributed by atoms with Gasteiger partial charge in [0.25, 0.3) is 0 Å². The summed E-state index contributed by atoms with van der Waals surface area (Å²) in [5.41, 5.74) is 0. The molecule has 1 aliphatic heterocycles. The van der Waals surface area contributed by atoms with Crippen LogP contribution in [-0.2, 0) is 4.79 Å². The molecule has 9 heavy (non-hydrogen) atoms. The lowest BCUT2D eigenvalue weighted by Crippen LogP contribution is -2.37. The molecule has 0 aromatic carbocycles. The molecule has 0 bridgehead atoms. The van der Waals surface area contributed by atoms with Gasteiger partial charge in [-0.05, 0) is 19.8 Å². The third-order valence-corrected chi connectivity index (χ3v) is 1.89. The lowest BCUT2D eigenvalue weighted by atomic mass is 9.97. The van der Waals surface area contributed by atoms with Crippen molar-refractivity contribution >= 4 is 6.29 Å². The van der Waals surface area contributed by atoms with Gasteiger partial charge in [-0.25, -0.2) is 0 Å². The van der Waals surface area contributed by atoms with Crippen LogP contribution in [0, 0.1) is 5.92 Å². The van der Waals surface area contributed by atoms with Crippen molar-refractivity contribution in [1.29, 1.82) is 0 Å². The van der Waals surface area contributed by atoms with Gasteiger partial charge in [0.05, 0.1) is 0 Å². The first-order valence-corrected chi connectivity index (χ1v) is 3.51. The molecule has 0 aliphatic carbocycles. The van der Waals surface area contributed by atoms with E-state index in [1.54, 1.807) is 0 Å². The fourth-order valence-electron chi connectivity index (χ4n) is 1.14. The molecule has 0 saturated carbocycles. The molecular weight excluding hydrogens is 114 g/mol. The van der Waals surface area contributed by atoms with Gasteiger partial charge in [0.15, 0.2) is 0 Å². The van der Waals surface area contributed by atoms with E-state index < -0.39 is 0 Å². The molecule has 1 aliphatic rings. The SMILES string of the molecule is C[C@@H]1CC[C@@H](C=O)CN1. The van der Waals surface area contributed by atoms with E-state index >= 15 is 0 Å². The summed E-state index contributed by atoms with van der Waals surface area (Å²) in [6, 6.07) is 0.612. The van der Waals surface area contributed by atoms with Crippen LogP contribution in [0.25, 0.3) is 0 Å². The van der Waals surface area contributed by atoms with Gasteiger partial charge in [-0.2, -0.15) is 0 Å². The Hall–Kier alpha value is -0.370. The third-order valence-electron chi connectivity index (χ3n) is 1.89. The molecule has 2 nitrogen and oxygen atoms in total. The predicted octanol–water partition coefficient (Wildman–Crippen LogP) is 0.573. The van der Waals surface area contributed by atoms with Gasteiger partial charge in [0.2, 0.25) is 0 Å². The van der Waals surface area contributed by atoms with E-state index in [0.717, 1.165) is 25.7 Å². The molecule has 0 aromatic heterocycles. The second-order valence-electron chi connectivity index (χ2n) is 2.78. The zero-order chi connectivity index (χ0) is 6.69. The van der Waals surface area contributed by atoms with Gasteiger partial charge < -0.3 is 10.1 Å². The molecule has 1 heterocycles. The van der Waals surface area contributed by atoms with Crippen LogP contribution in [0.1, 0.15) is 19.8 Å². The highest BCUT2D eigenvalue weighted by atomic mass is 16.1. The van der Waals surface area contributed by atoms with Crippen molar-refractivity contribution in [2.45, 2.75) is 25.8 Å². The standard InChI is InChI=1S/C7H13NO/c1-6-2-3-7(5-9)4-8-6/h5-8H,2-4H2,1H3/t6-,7-/m1/s1. The van der Waals surface area contributed by atoms with Crippen molar-refractivity contribution in [2.75, 3.05) is 6.54 Å². The van der Waals surface area contributed by atoms with E-state index in [1.807, 2.05) is 0 Å². The van der Waals surface area contributed by atoms with E-state index in [9.17, 15) is 4.79 Å². The maximum absolute atomic E-state index is 10.2. The number of rotatable bonds is 1. The number of nitrogens with one attached hydrogen (secondary N) is 1. The second-order valence-corrected chi connectivity index (χ2v) is 2.78. The lowest BCUT2D eigenvalue weighted by Gasteiger charge is -2.23. The maximum atomic E-state index is 10.2. The van der Waals surface area contributed by atoms with Gasteiger partial charge in [-0.3, -0.25) is 0 Å². The van der Waals surface area contributed by atoms with Crippen molar-refractivity contribution in [2.24, 2.45) is 5.92 Å². The fraction of sp³-hybridized carbons (Fsp3) is 0.857. The molecular formula is C7H13NO. The van der Waals surface area contributed by atoms with Crippen molar-refractivity contribution in [3.05, 3.63) is 0 Å². The predicted molar refractivity (Wildman–Crippen MR) is 36.3 cm³/mol. The third kappa shape index (κ3) is 1.79. The Kier molecular flexibility index (Phi) is 2.22. The number of hydrogen-bond acceptors (Lipinski definition) is 2. The number of aldehydes is 1. The number of piperidine rings is 1. The van der Waals surface area contributed by atoms with Gasteiger partial charge in [0.1, 0.15) is 6.29 Å².